The third-order valence-electron chi connectivity index (χ3n) is 3.89. The number of hydrogen-bond donors (Lipinski definition) is 1. The normalized spacial score (nSPS) is 11.2. The topological polar surface area (TPSA) is 76.1 Å². The summed E-state index contributed by atoms with van der Waals surface area (Å²) in [7, 11) is 0. The third-order valence-corrected chi connectivity index (χ3v) is 4.12. The van der Waals surface area contributed by atoms with Gasteiger partial charge in [-0.3, -0.25) is 4.79 Å². The van der Waals surface area contributed by atoms with E-state index in [2.05, 4.69) is 0 Å². The van der Waals surface area contributed by atoms with Gasteiger partial charge in [-0.1, -0.05) is 54.1 Å². The number of nitriles is 1. The Labute approximate surface area is 156 Å². The van der Waals surface area contributed by atoms with Crippen LogP contribution in [0, 0.1) is 11.3 Å². The molecule has 128 valence electrons. The number of rotatable bonds is 5. The fourth-order valence-corrected chi connectivity index (χ4v) is 2.85. The predicted octanol–water partition coefficient (Wildman–Crippen LogP) is 4.46. The van der Waals surface area contributed by atoms with Gasteiger partial charge in [0.1, 0.15) is 24.0 Å². The zero-order chi connectivity index (χ0) is 18.5. The van der Waals surface area contributed by atoms with Gasteiger partial charge in [-0.2, -0.15) is 5.26 Å². The summed E-state index contributed by atoms with van der Waals surface area (Å²) < 4.78 is 5.95. The fourth-order valence-electron chi connectivity index (χ4n) is 2.64. The second kappa shape index (κ2) is 7.73. The molecule has 0 fully saturated rings. The number of nitrogens with zero attached hydrogens (tertiary/aromatic N) is 1. The Balaban J connectivity index is 2.05. The summed E-state index contributed by atoms with van der Waals surface area (Å²) in [6.07, 6.45) is 1.47. The summed E-state index contributed by atoms with van der Waals surface area (Å²) in [4.78, 5) is 11.5. The van der Waals surface area contributed by atoms with Gasteiger partial charge in [0.05, 0.1) is 0 Å². The van der Waals surface area contributed by atoms with Crippen LogP contribution in [-0.2, 0) is 11.4 Å². The molecule has 3 rings (SSSR count). The first kappa shape index (κ1) is 17.5. The van der Waals surface area contributed by atoms with Crippen molar-refractivity contribution in [3.63, 3.8) is 0 Å². The molecule has 2 N–H and O–H groups in total. The summed E-state index contributed by atoms with van der Waals surface area (Å²) in [6.45, 7) is 0.304. The average molecular weight is 363 g/mol. The lowest BCUT2D eigenvalue weighted by Gasteiger charge is -2.12. The van der Waals surface area contributed by atoms with E-state index in [0.29, 0.717) is 22.9 Å². The number of hydrogen-bond acceptors (Lipinski definition) is 3. The molecule has 0 unspecified atom stereocenters. The molecule has 5 heteroatoms. The summed E-state index contributed by atoms with van der Waals surface area (Å²) >= 11 is 6.01. The van der Waals surface area contributed by atoms with Gasteiger partial charge in [0.25, 0.3) is 5.91 Å². The Morgan fingerprint density at radius 1 is 1.15 bits per heavy atom. The number of ether oxygens (including phenoxy) is 1. The van der Waals surface area contributed by atoms with Crippen molar-refractivity contribution in [2.24, 2.45) is 5.73 Å². The van der Waals surface area contributed by atoms with Gasteiger partial charge in [0, 0.05) is 10.6 Å². The minimum atomic E-state index is -0.777. The van der Waals surface area contributed by atoms with Crippen LogP contribution in [0.25, 0.3) is 16.8 Å². The number of fused-ring (bicyclic) bond motifs is 1. The van der Waals surface area contributed by atoms with Gasteiger partial charge in [0.2, 0.25) is 0 Å². The van der Waals surface area contributed by atoms with E-state index in [4.69, 9.17) is 22.1 Å². The Morgan fingerprint density at radius 3 is 2.69 bits per heavy atom. The highest BCUT2D eigenvalue weighted by molar-refractivity contribution is 6.30. The van der Waals surface area contributed by atoms with Crippen molar-refractivity contribution in [2.75, 3.05) is 0 Å². The number of amides is 1. The van der Waals surface area contributed by atoms with Crippen LogP contribution in [0.4, 0.5) is 0 Å². The molecular weight excluding hydrogens is 348 g/mol. The van der Waals surface area contributed by atoms with E-state index >= 15 is 0 Å². The molecular formula is C21H15ClN2O2. The molecule has 0 aliphatic heterocycles. The molecule has 3 aromatic rings. The molecule has 0 spiro atoms. The van der Waals surface area contributed by atoms with Crippen molar-refractivity contribution in [2.45, 2.75) is 6.61 Å². The van der Waals surface area contributed by atoms with E-state index < -0.39 is 5.91 Å². The van der Waals surface area contributed by atoms with E-state index in [1.165, 1.54) is 6.08 Å². The van der Waals surface area contributed by atoms with Crippen LogP contribution in [0.1, 0.15) is 11.1 Å². The minimum absolute atomic E-state index is 0.131. The number of benzene rings is 3. The number of halogens is 1. The lowest BCUT2D eigenvalue weighted by Crippen LogP contribution is -2.12. The SMILES string of the molecule is N#C/C(=C\c1c(OCc2cccc(Cl)c2)ccc2ccccc12)C(N)=O. The second-order valence-electron chi connectivity index (χ2n) is 5.65. The standard InChI is InChI=1S/C21H15ClN2O2/c22-17-6-3-4-14(10-17)13-26-20-9-8-15-5-1-2-7-18(15)19(20)11-16(12-23)21(24)25/h1-11H,13H2,(H2,24,25)/b16-11+. The molecule has 4 nitrogen and oxygen atoms in total. The first-order valence-electron chi connectivity index (χ1n) is 7.89. The highest BCUT2D eigenvalue weighted by Gasteiger charge is 2.11. The second-order valence-corrected chi connectivity index (χ2v) is 6.09. The van der Waals surface area contributed by atoms with Gasteiger partial charge in [-0.15, -0.1) is 0 Å². The van der Waals surface area contributed by atoms with Crippen molar-refractivity contribution < 1.29 is 9.53 Å². The van der Waals surface area contributed by atoms with Crippen LogP contribution in [-0.4, -0.2) is 5.91 Å². The van der Waals surface area contributed by atoms with E-state index in [0.717, 1.165) is 16.3 Å². The molecule has 0 saturated carbocycles. The Hall–Kier alpha value is -3.29. The lowest BCUT2D eigenvalue weighted by atomic mass is 10.0. The van der Waals surface area contributed by atoms with Gasteiger partial charge in [-0.25, -0.2) is 0 Å². The van der Waals surface area contributed by atoms with Crippen LogP contribution in [0.15, 0.2) is 66.2 Å². The summed E-state index contributed by atoms with van der Waals surface area (Å²) in [5.74, 6) is -0.223. The first-order chi connectivity index (χ1) is 12.6. The van der Waals surface area contributed by atoms with Gasteiger partial charge in [-0.05, 0) is 40.6 Å². The van der Waals surface area contributed by atoms with Gasteiger partial charge in [0.15, 0.2) is 0 Å². The molecule has 0 aliphatic carbocycles. The molecule has 0 radical (unpaired) electrons. The van der Waals surface area contributed by atoms with Crippen molar-refractivity contribution in [3.05, 3.63) is 82.4 Å². The van der Waals surface area contributed by atoms with Crippen molar-refractivity contribution in [1.82, 2.24) is 0 Å². The Kier molecular flexibility index (Phi) is 5.21. The number of carbonyl (C=O) groups is 1. The Bertz CT molecular complexity index is 1050. The zero-order valence-electron chi connectivity index (χ0n) is 13.8. The monoisotopic (exact) mass is 362 g/mol. The van der Waals surface area contributed by atoms with Crippen LogP contribution < -0.4 is 10.5 Å². The lowest BCUT2D eigenvalue weighted by molar-refractivity contribution is -0.114. The largest absolute Gasteiger partial charge is 0.488 e. The predicted molar refractivity (Wildman–Crippen MR) is 103 cm³/mol. The molecule has 0 heterocycles. The van der Waals surface area contributed by atoms with E-state index in [9.17, 15) is 10.1 Å². The Morgan fingerprint density at radius 2 is 1.96 bits per heavy atom. The maximum absolute atomic E-state index is 11.5. The van der Waals surface area contributed by atoms with Crippen LogP contribution >= 0.6 is 11.6 Å². The maximum atomic E-state index is 11.5. The zero-order valence-corrected chi connectivity index (χ0v) is 14.5. The molecule has 0 saturated heterocycles. The fraction of sp³-hybridized carbons (Fsp3) is 0.0476. The summed E-state index contributed by atoms with van der Waals surface area (Å²) in [6, 6.07) is 20.6. The quantitative estimate of drug-likeness (QED) is 0.537. The van der Waals surface area contributed by atoms with Crippen molar-refractivity contribution in [3.8, 4) is 11.8 Å². The summed E-state index contributed by atoms with van der Waals surface area (Å²) in [5, 5.41) is 11.6. The molecule has 0 bridgehead atoms. The van der Waals surface area contributed by atoms with Gasteiger partial charge >= 0.3 is 0 Å². The van der Waals surface area contributed by atoms with E-state index in [-0.39, 0.29) is 5.57 Å². The van der Waals surface area contributed by atoms with Crippen LogP contribution in [0.2, 0.25) is 5.02 Å². The maximum Gasteiger partial charge on any atom is 0.259 e. The van der Waals surface area contributed by atoms with Crippen molar-refractivity contribution in [1.29, 1.82) is 5.26 Å². The highest BCUT2D eigenvalue weighted by atomic mass is 35.5. The van der Waals surface area contributed by atoms with Crippen LogP contribution in [0.3, 0.4) is 0 Å². The molecule has 0 atom stereocenters. The minimum Gasteiger partial charge on any atom is -0.488 e. The summed E-state index contributed by atoms with van der Waals surface area (Å²) in [5.41, 5.74) is 6.71. The highest BCUT2D eigenvalue weighted by Crippen LogP contribution is 2.31. The molecule has 0 aromatic heterocycles. The smallest absolute Gasteiger partial charge is 0.259 e. The number of carbonyl (C=O) groups excluding carboxylic acids is 1. The number of nitrogens with two attached hydrogens (primary N) is 1. The average Bonchev–Trinajstić information content (AvgIpc) is 2.64. The molecule has 3 aromatic carbocycles. The van der Waals surface area contributed by atoms with E-state index in [1.807, 2.05) is 60.7 Å². The van der Waals surface area contributed by atoms with E-state index in [1.54, 1.807) is 6.07 Å². The van der Waals surface area contributed by atoms with Gasteiger partial charge < -0.3 is 10.5 Å². The number of primary amides is 1. The molecule has 0 aliphatic rings. The third kappa shape index (κ3) is 3.85. The first-order valence-corrected chi connectivity index (χ1v) is 8.27. The molecule has 26 heavy (non-hydrogen) atoms. The van der Waals surface area contributed by atoms with Crippen LogP contribution in [0.5, 0.6) is 5.75 Å². The molecule has 1 amide bonds. The van der Waals surface area contributed by atoms with Crippen molar-refractivity contribution >= 4 is 34.4 Å².